The highest BCUT2D eigenvalue weighted by molar-refractivity contribution is 5.81. The van der Waals surface area contributed by atoms with E-state index >= 15 is 0 Å². The summed E-state index contributed by atoms with van der Waals surface area (Å²) in [6, 6.07) is -0.288. The van der Waals surface area contributed by atoms with E-state index in [2.05, 4.69) is 19.2 Å². The first-order valence-corrected chi connectivity index (χ1v) is 7.66. The molecule has 1 saturated carbocycles. The van der Waals surface area contributed by atoms with Gasteiger partial charge in [-0.1, -0.05) is 13.8 Å². The molecule has 1 atom stereocenters. The van der Waals surface area contributed by atoms with Gasteiger partial charge in [0.25, 0.3) is 0 Å². The molecule has 20 heavy (non-hydrogen) atoms. The van der Waals surface area contributed by atoms with Crippen LogP contribution in [0.25, 0.3) is 0 Å². The normalized spacial score (nSPS) is 24.2. The summed E-state index contributed by atoms with van der Waals surface area (Å²) in [7, 11) is 0. The molecule has 0 radical (unpaired) electrons. The van der Waals surface area contributed by atoms with Gasteiger partial charge >= 0.3 is 5.97 Å². The third kappa shape index (κ3) is 5.49. The molecule has 5 heteroatoms. The molecule has 1 amide bonds. The van der Waals surface area contributed by atoms with Crippen molar-refractivity contribution in [3.8, 4) is 0 Å². The average Bonchev–Trinajstić information content (AvgIpc) is 2.39. The van der Waals surface area contributed by atoms with E-state index in [4.69, 9.17) is 10.5 Å². The van der Waals surface area contributed by atoms with Crippen LogP contribution in [0.1, 0.15) is 52.9 Å². The Morgan fingerprint density at radius 1 is 1.25 bits per heavy atom. The Labute approximate surface area is 121 Å². The standard InChI is InChI=1S/C15H28N2O3/c1-4-20-15(19)11-5-7-12(8-6-11)17-14(18)13(16)9-10(2)3/h10-13H,4-9,16H2,1-3H3,(H,17,18)/t11?,12?,13-/m0/s1. The highest BCUT2D eigenvalue weighted by atomic mass is 16.5. The van der Waals surface area contributed by atoms with E-state index in [9.17, 15) is 9.59 Å². The van der Waals surface area contributed by atoms with Crippen LogP contribution in [0.4, 0.5) is 0 Å². The third-order valence-electron chi connectivity index (χ3n) is 3.76. The fourth-order valence-electron chi connectivity index (χ4n) is 2.66. The zero-order valence-electron chi connectivity index (χ0n) is 12.9. The topological polar surface area (TPSA) is 81.4 Å². The molecule has 116 valence electrons. The lowest BCUT2D eigenvalue weighted by Crippen LogP contribution is -2.47. The number of rotatable bonds is 6. The van der Waals surface area contributed by atoms with Gasteiger partial charge in [-0.25, -0.2) is 0 Å². The smallest absolute Gasteiger partial charge is 0.308 e. The molecule has 0 aromatic heterocycles. The van der Waals surface area contributed by atoms with E-state index in [1.54, 1.807) is 0 Å². The minimum absolute atomic E-state index is 0.00700. The van der Waals surface area contributed by atoms with E-state index in [0.717, 1.165) is 25.7 Å². The van der Waals surface area contributed by atoms with Gasteiger partial charge in [0, 0.05) is 6.04 Å². The summed E-state index contributed by atoms with van der Waals surface area (Å²) in [6.45, 7) is 6.36. The van der Waals surface area contributed by atoms with Gasteiger partial charge in [0.2, 0.25) is 5.91 Å². The highest BCUT2D eigenvalue weighted by Gasteiger charge is 2.28. The Bertz CT molecular complexity index is 323. The van der Waals surface area contributed by atoms with Crippen molar-refractivity contribution in [3.63, 3.8) is 0 Å². The maximum atomic E-state index is 11.9. The van der Waals surface area contributed by atoms with E-state index in [1.165, 1.54) is 0 Å². The van der Waals surface area contributed by atoms with Crippen molar-refractivity contribution in [2.75, 3.05) is 6.61 Å². The van der Waals surface area contributed by atoms with Crippen molar-refractivity contribution in [1.29, 1.82) is 0 Å². The molecule has 3 N–H and O–H groups in total. The largest absolute Gasteiger partial charge is 0.466 e. The number of hydrogen-bond donors (Lipinski definition) is 2. The number of nitrogens with one attached hydrogen (secondary N) is 1. The quantitative estimate of drug-likeness (QED) is 0.726. The van der Waals surface area contributed by atoms with E-state index in [1.807, 2.05) is 6.92 Å². The van der Waals surface area contributed by atoms with Crippen molar-refractivity contribution in [1.82, 2.24) is 5.32 Å². The molecule has 0 aromatic rings. The summed E-state index contributed by atoms with van der Waals surface area (Å²) in [5, 5.41) is 3.00. The highest BCUT2D eigenvalue weighted by Crippen LogP contribution is 2.25. The molecular weight excluding hydrogens is 256 g/mol. The molecule has 1 aliphatic rings. The molecule has 0 bridgehead atoms. The van der Waals surface area contributed by atoms with Crippen LogP contribution in [0.2, 0.25) is 0 Å². The second kappa shape index (κ2) is 8.25. The Balaban J connectivity index is 2.31. The van der Waals surface area contributed by atoms with Gasteiger partial charge in [0.1, 0.15) is 0 Å². The Kier molecular flexibility index (Phi) is 6.99. The van der Waals surface area contributed by atoms with Crippen LogP contribution in [0.5, 0.6) is 0 Å². The van der Waals surface area contributed by atoms with Crippen molar-refractivity contribution in [3.05, 3.63) is 0 Å². The first-order valence-electron chi connectivity index (χ1n) is 7.66. The summed E-state index contributed by atoms with van der Waals surface area (Å²) in [4.78, 5) is 23.6. The molecule has 0 aromatic carbocycles. The molecule has 0 aliphatic heterocycles. The van der Waals surface area contributed by atoms with Gasteiger partial charge in [-0.2, -0.15) is 0 Å². The van der Waals surface area contributed by atoms with Crippen LogP contribution in [0, 0.1) is 11.8 Å². The summed E-state index contributed by atoms with van der Waals surface area (Å²) < 4.78 is 5.03. The van der Waals surface area contributed by atoms with E-state index < -0.39 is 6.04 Å². The van der Waals surface area contributed by atoms with Crippen LogP contribution in [-0.4, -0.2) is 30.6 Å². The maximum Gasteiger partial charge on any atom is 0.308 e. The lowest BCUT2D eigenvalue weighted by atomic mass is 9.86. The maximum absolute atomic E-state index is 11.9. The molecule has 1 fully saturated rings. The van der Waals surface area contributed by atoms with Gasteiger partial charge < -0.3 is 15.8 Å². The van der Waals surface area contributed by atoms with Gasteiger partial charge in [-0.15, -0.1) is 0 Å². The second-order valence-electron chi connectivity index (χ2n) is 6.05. The zero-order chi connectivity index (χ0) is 15.1. The Morgan fingerprint density at radius 3 is 2.35 bits per heavy atom. The van der Waals surface area contributed by atoms with Crippen LogP contribution < -0.4 is 11.1 Å². The summed E-state index contributed by atoms with van der Waals surface area (Å²) in [6.07, 6.45) is 3.91. The minimum Gasteiger partial charge on any atom is -0.466 e. The van der Waals surface area contributed by atoms with Crippen LogP contribution in [-0.2, 0) is 14.3 Å². The lowest BCUT2D eigenvalue weighted by Gasteiger charge is -2.28. The van der Waals surface area contributed by atoms with E-state index in [-0.39, 0.29) is 23.8 Å². The minimum atomic E-state index is -0.433. The fraction of sp³-hybridized carbons (Fsp3) is 0.867. The first kappa shape index (κ1) is 17.0. The molecule has 5 nitrogen and oxygen atoms in total. The Hall–Kier alpha value is -1.10. The SMILES string of the molecule is CCOC(=O)C1CCC(NC(=O)[C@@H](N)CC(C)C)CC1. The predicted molar refractivity (Wildman–Crippen MR) is 78.0 cm³/mol. The fourth-order valence-corrected chi connectivity index (χ4v) is 2.66. The average molecular weight is 284 g/mol. The van der Waals surface area contributed by atoms with Crippen molar-refractivity contribution in [2.45, 2.75) is 65.0 Å². The Morgan fingerprint density at radius 2 is 1.85 bits per heavy atom. The number of hydrogen-bond acceptors (Lipinski definition) is 4. The van der Waals surface area contributed by atoms with Crippen LogP contribution in [0.15, 0.2) is 0 Å². The van der Waals surface area contributed by atoms with Crippen LogP contribution >= 0.6 is 0 Å². The lowest BCUT2D eigenvalue weighted by molar-refractivity contribution is -0.149. The summed E-state index contributed by atoms with van der Waals surface area (Å²) in [5.41, 5.74) is 5.86. The summed E-state index contributed by atoms with van der Waals surface area (Å²) >= 11 is 0. The molecule has 0 heterocycles. The number of esters is 1. The second-order valence-corrected chi connectivity index (χ2v) is 6.05. The van der Waals surface area contributed by atoms with Gasteiger partial charge in [-0.3, -0.25) is 9.59 Å². The predicted octanol–water partition coefficient (Wildman–Crippen LogP) is 1.60. The molecule has 0 unspecified atom stereocenters. The van der Waals surface area contributed by atoms with Crippen molar-refractivity contribution >= 4 is 11.9 Å². The summed E-state index contributed by atoms with van der Waals surface area (Å²) in [5.74, 6) is 0.231. The molecule has 1 rings (SSSR count). The van der Waals surface area contributed by atoms with Gasteiger partial charge in [-0.05, 0) is 44.9 Å². The molecular formula is C15H28N2O3. The number of ether oxygens (including phenoxy) is 1. The van der Waals surface area contributed by atoms with Gasteiger partial charge in [0.15, 0.2) is 0 Å². The first-order chi connectivity index (χ1) is 9.43. The molecule has 0 spiro atoms. The monoisotopic (exact) mass is 284 g/mol. The number of carbonyl (C=O) groups excluding carboxylic acids is 2. The molecule has 0 saturated heterocycles. The number of amides is 1. The number of carbonyl (C=O) groups is 2. The number of nitrogens with two attached hydrogens (primary N) is 1. The van der Waals surface area contributed by atoms with Crippen molar-refractivity contribution < 1.29 is 14.3 Å². The van der Waals surface area contributed by atoms with Crippen molar-refractivity contribution in [2.24, 2.45) is 17.6 Å². The van der Waals surface area contributed by atoms with E-state index in [0.29, 0.717) is 18.9 Å². The van der Waals surface area contributed by atoms with Crippen LogP contribution in [0.3, 0.4) is 0 Å². The zero-order valence-corrected chi connectivity index (χ0v) is 12.9. The third-order valence-corrected chi connectivity index (χ3v) is 3.76. The van der Waals surface area contributed by atoms with Gasteiger partial charge in [0.05, 0.1) is 18.6 Å². The molecule has 1 aliphatic carbocycles.